The Morgan fingerprint density at radius 1 is 1.56 bits per heavy atom. The van der Waals surface area contributed by atoms with Gasteiger partial charge < -0.3 is 0 Å². The Morgan fingerprint density at radius 2 is 2.33 bits per heavy atom. The van der Waals surface area contributed by atoms with Crippen LogP contribution in [0, 0.1) is 5.92 Å². The summed E-state index contributed by atoms with van der Waals surface area (Å²) in [6.07, 6.45) is 8.09. The third kappa shape index (κ3) is 2.30. The number of allylic oxidation sites excluding steroid dienone is 3. The average Bonchev–Trinajstić information content (AvgIpc) is 1.97. The number of hydrogen-bond donors (Lipinski definition) is 0. The highest BCUT2D eigenvalue weighted by atomic mass is 127. The summed E-state index contributed by atoms with van der Waals surface area (Å²) in [4.78, 5) is 4.11. The van der Waals surface area contributed by atoms with Crippen LogP contribution >= 0.6 is 22.6 Å². The molecule has 0 aromatic rings. The van der Waals surface area contributed by atoms with Crippen LogP contribution in [0.25, 0.3) is 0 Å². The fourth-order valence-electron chi connectivity index (χ4n) is 0.588. The molecule has 0 bridgehead atoms. The third-order valence-electron chi connectivity index (χ3n) is 1.12. The molecule has 1 aliphatic rings. The lowest BCUT2D eigenvalue weighted by Crippen LogP contribution is -1.79. The summed E-state index contributed by atoms with van der Waals surface area (Å²) in [6, 6.07) is 0. The highest BCUT2D eigenvalue weighted by molar-refractivity contribution is 14.1. The summed E-state index contributed by atoms with van der Waals surface area (Å²) in [5.74, 6) is 0.529. The van der Waals surface area contributed by atoms with Gasteiger partial charge in [-0.05, 0) is 34.6 Å². The number of aliphatic imine (C=N–C) groups is 1. The summed E-state index contributed by atoms with van der Waals surface area (Å²) < 4.78 is 1.05. The van der Waals surface area contributed by atoms with Gasteiger partial charge in [0, 0.05) is 6.20 Å². The summed E-state index contributed by atoms with van der Waals surface area (Å²) >= 11 is 2.20. The minimum atomic E-state index is 0.529. The molecule has 0 aromatic carbocycles. The van der Waals surface area contributed by atoms with E-state index in [4.69, 9.17) is 0 Å². The number of hydrogen-bond acceptors (Lipinski definition) is 1. The Bertz CT molecular complexity index is 179. The smallest absolute Gasteiger partial charge is 0.101 e. The average molecular weight is 233 g/mol. The van der Waals surface area contributed by atoms with Crippen molar-refractivity contribution in [3.63, 3.8) is 0 Å². The molecule has 1 unspecified atom stereocenters. The van der Waals surface area contributed by atoms with Gasteiger partial charge >= 0.3 is 0 Å². The van der Waals surface area contributed by atoms with E-state index < -0.39 is 0 Å². The molecule has 1 rings (SSSR count). The van der Waals surface area contributed by atoms with Crippen LogP contribution in [0.5, 0.6) is 0 Å². The molecule has 1 aliphatic heterocycles. The molecule has 0 spiro atoms. The van der Waals surface area contributed by atoms with Gasteiger partial charge in [-0.3, -0.25) is 4.99 Å². The van der Waals surface area contributed by atoms with Crippen LogP contribution in [0.1, 0.15) is 6.92 Å². The van der Waals surface area contributed by atoms with Crippen LogP contribution in [0.3, 0.4) is 0 Å². The lowest BCUT2D eigenvalue weighted by molar-refractivity contribution is 0.941. The molecule has 0 aliphatic carbocycles. The molecule has 1 heterocycles. The van der Waals surface area contributed by atoms with E-state index in [0.717, 1.165) is 3.72 Å². The molecule has 48 valence electrons. The molecular weight excluding hydrogens is 225 g/mol. The predicted octanol–water partition coefficient (Wildman–Crippen LogP) is 2.54. The minimum absolute atomic E-state index is 0.529. The summed E-state index contributed by atoms with van der Waals surface area (Å²) in [7, 11) is 0. The van der Waals surface area contributed by atoms with Crippen molar-refractivity contribution in [2.24, 2.45) is 10.9 Å². The number of halogens is 1. The molecule has 1 atom stereocenters. The SMILES string of the molecule is CC1C=CN=C(I)C=C1. The van der Waals surface area contributed by atoms with E-state index >= 15 is 0 Å². The molecule has 0 saturated heterocycles. The molecule has 0 N–H and O–H groups in total. The second-order valence-corrected chi connectivity index (χ2v) is 3.12. The van der Waals surface area contributed by atoms with Crippen molar-refractivity contribution < 1.29 is 0 Å². The largest absolute Gasteiger partial charge is 0.251 e. The molecule has 9 heavy (non-hydrogen) atoms. The Labute approximate surface area is 68.7 Å². The van der Waals surface area contributed by atoms with Crippen molar-refractivity contribution in [2.75, 3.05) is 0 Å². The molecule has 0 saturated carbocycles. The lowest BCUT2D eigenvalue weighted by atomic mass is 10.2. The quantitative estimate of drug-likeness (QED) is 0.570. The third-order valence-corrected chi connectivity index (χ3v) is 1.76. The first-order chi connectivity index (χ1) is 4.29. The van der Waals surface area contributed by atoms with Crippen molar-refractivity contribution in [3.05, 3.63) is 24.4 Å². The maximum absolute atomic E-state index is 4.11. The highest BCUT2D eigenvalue weighted by Gasteiger charge is 1.93. The van der Waals surface area contributed by atoms with E-state index in [9.17, 15) is 0 Å². The molecule has 0 amide bonds. The summed E-state index contributed by atoms with van der Waals surface area (Å²) in [5, 5.41) is 0. The molecule has 0 radical (unpaired) electrons. The normalized spacial score (nSPS) is 25.6. The van der Waals surface area contributed by atoms with Gasteiger partial charge in [-0.15, -0.1) is 0 Å². The Kier molecular flexibility index (Phi) is 2.45. The first-order valence-electron chi connectivity index (χ1n) is 2.87. The van der Waals surface area contributed by atoms with E-state index in [2.05, 4.69) is 46.7 Å². The summed E-state index contributed by atoms with van der Waals surface area (Å²) in [5.41, 5.74) is 0. The van der Waals surface area contributed by atoms with E-state index in [0.29, 0.717) is 5.92 Å². The Hall–Kier alpha value is -0.120. The van der Waals surface area contributed by atoms with Crippen LogP contribution in [0.2, 0.25) is 0 Å². The van der Waals surface area contributed by atoms with Gasteiger partial charge in [-0.25, -0.2) is 0 Å². The number of rotatable bonds is 0. The predicted molar refractivity (Wildman–Crippen MR) is 48.9 cm³/mol. The van der Waals surface area contributed by atoms with E-state index in [1.807, 2.05) is 12.3 Å². The topological polar surface area (TPSA) is 12.4 Å². The van der Waals surface area contributed by atoms with Crippen LogP contribution in [-0.2, 0) is 0 Å². The van der Waals surface area contributed by atoms with Crippen LogP contribution in [-0.4, -0.2) is 3.72 Å². The van der Waals surface area contributed by atoms with Gasteiger partial charge in [0.05, 0.1) is 0 Å². The second kappa shape index (κ2) is 3.15. The van der Waals surface area contributed by atoms with Crippen molar-refractivity contribution in [2.45, 2.75) is 6.92 Å². The first kappa shape index (κ1) is 6.99. The fraction of sp³-hybridized carbons (Fsp3) is 0.286. The second-order valence-electron chi connectivity index (χ2n) is 2.01. The van der Waals surface area contributed by atoms with E-state index in [-0.39, 0.29) is 0 Å². The zero-order valence-corrected chi connectivity index (χ0v) is 7.37. The van der Waals surface area contributed by atoms with Gasteiger partial charge in [-0.2, -0.15) is 0 Å². The van der Waals surface area contributed by atoms with Gasteiger partial charge in [0.15, 0.2) is 0 Å². The van der Waals surface area contributed by atoms with Gasteiger partial charge in [0.2, 0.25) is 0 Å². The van der Waals surface area contributed by atoms with Crippen molar-refractivity contribution in [1.29, 1.82) is 0 Å². The van der Waals surface area contributed by atoms with Gasteiger partial charge in [0.1, 0.15) is 3.72 Å². The van der Waals surface area contributed by atoms with E-state index in [1.54, 1.807) is 0 Å². The highest BCUT2D eigenvalue weighted by Crippen LogP contribution is 2.06. The Balaban J connectivity index is 2.75. The first-order valence-corrected chi connectivity index (χ1v) is 3.95. The molecule has 1 nitrogen and oxygen atoms in total. The van der Waals surface area contributed by atoms with Crippen molar-refractivity contribution >= 4 is 26.3 Å². The monoisotopic (exact) mass is 233 g/mol. The molecule has 0 fully saturated rings. The lowest BCUT2D eigenvalue weighted by Gasteiger charge is -1.90. The van der Waals surface area contributed by atoms with Crippen molar-refractivity contribution in [1.82, 2.24) is 0 Å². The van der Waals surface area contributed by atoms with Crippen LogP contribution in [0.4, 0.5) is 0 Å². The maximum Gasteiger partial charge on any atom is 0.101 e. The van der Waals surface area contributed by atoms with Gasteiger partial charge in [-0.1, -0.05) is 19.1 Å². The number of nitrogens with zero attached hydrogens (tertiary/aromatic N) is 1. The summed E-state index contributed by atoms with van der Waals surface area (Å²) in [6.45, 7) is 2.14. The fourth-order valence-corrected chi connectivity index (χ4v) is 0.957. The minimum Gasteiger partial charge on any atom is -0.251 e. The van der Waals surface area contributed by atoms with E-state index in [1.165, 1.54) is 0 Å². The van der Waals surface area contributed by atoms with Crippen LogP contribution < -0.4 is 0 Å². The zero-order valence-electron chi connectivity index (χ0n) is 5.21. The molecule has 2 heteroatoms. The maximum atomic E-state index is 4.11. The van der Waals surface area contributed by atoms with Crippen molar-refractivity contribution in [3.8, 4) is 0 Å². The van der Waals surface area contributed by atoms with Gasteiger partial charge in [0.25, 0.3) is 0 Å². The molecule has 0 aromatic heterocycles. The Morgan fingerprint density at radius 3 is 3.11 bits per heavy atom. The standard InChI is InChI=1S/C7H8IN/c1-6-2-3-7(8)9-5-4-6/h2-6H,1H3. The van der Waals surface area contributed by atoms with Crippen LogP contribution in [0.15, 0.2) is 29.4 Å². The zero-order chi connectivity index (χ0) is 6.69. The molecular formula is C7H8IN.